The van der Waals surface area contributed by atoms with Gasteiger partial charge in [0, 0.05) is 20.9 Å². The van der Waals surface area contributed by atoms with Crippen LogP contribution in [-0.4, -0.2) is 46.6 Å². The first-order chi connectivity index (χ1) is 14.5. The quantitative estimate of drug-likeness (QED) is 0.555. The standard InChI is InChI=1S/C20H18N2O5S3/c1-27-10(23)6-22-18(24)12-7-5-8(13(12)19(22)25)15-11(7)14(9-3-2-4-28-9)16-17(29-15)21-20(26)30-16/h2-4,7-8,11-15H,5-6H2,1H3,(H,21,26). The van der Waals surface area contributed by atoms with Crippen molar-refractivity contribution in [2.24, 2.45) is 29.6 Å². The average molecular weight is 463 g/mol. The zero-order valence-electron chi connectivity index (χ0n) is 15.9. The molecule has 0 aromatic carbocycles. The molecule has 156 valence electrons. The number of hydrogen-bond donors (Lipinski definition) is 1. The van der Waals surface area contributed by atoms with E-state index in [4.69, 9.17) is 0 Å². The van der Waals surface area contributed by atoms with Gasteiger partial charge in [0.1, 0.15) is 6.54 Å². The van der Waals surface area contributed by atoms with Gasteiger partial charge in [-0.05, 0) is 35.6 Å². The molecule has 2 aliphatic carbocycles. The highest BCUT2D eigenvalue weighted by molar-refractivity contribution is 8.00. The summed E-state index contributed by atoms with van der Waals surface area (Å²) < 4.78 is 4.68. The van der Waals surface area contributed by atoms with Crippen molar-refractivity contribution in [1.82, 2.24) is 9.88 Å². The largest absolute Gasteiger partial charge is 0.468 e. The first-order valence-electron chi connectivity index (χ1n) is 9.84. The minimum Gasteiger partial charge on any atom is -0.468 e. The number of methoxy groups -OCH3 is 1. The molecule has 0 spiro atoms. The maximum atomic E-state index is 13.2. The molecule has 3 fully saturated rings. The molecule has 0 radical (unpaired) electrons. The van der Waals surface area contributed by atoms with E-state index in [2.05, 4.69) is 15.8 Å². The lowest BCUT2D eigenvalue weighted by molar-refractivity contribution is -0.151. The summed E-state index contributed by atoms with van der Waals surface area (Å²) in [5, 5.41) is 3.13. The van der Waals surface area contributed by atoms with Crippen molar-refractivity contribution in [3.8, 4) is 0 Å². The van der Waals surface area contributed by atoms with Crippen molar-refractivity contribution >= 4 is 52.2 Å². The Bertz CT molecular complexity index is 1120. The van der Waals surface area contributed by atoms with Gasteiger partial charge in [0.2, 0.25) is 11.8 Å². The molecule has 7 atom stereocenters. The van der Waals surface area contributed by atoms with E-state index in [0.29, 0.717) is 0 Å². The maximum Gasteiger partial charge on any atom is 0.325 e. The highest BCUT2D eigenvalue weighted by atomic mass is 32.2. The van der Waals surface area contributed by atoms with Crippen molar-refractivity contribution in [2.45, 2.75) is 22.6 Å². The minimum absolute atomic E-state index is 0.0574. The van der Waals surface area contributed by atoms with Gasteiger partial charge in [-0.3, -0.25) is 24.1 Å². The summed E-state index contributed by atoms with van der Waals surface area (Å²) in [6.45, 7) is -0.307. The number of aromatic amines is 1. The number of thioether (sulfide) groups is 1. The number of thiophene rings is 1. The van der Waals surface area contributed by atoms with Crippen LogP contribution in [0.3, 0.4) is 0 Å². The van der Waals surface area contributed by atoms with Crippen molar-refractivity contribution in [1.29, 1.82) is 0 Å². The van der Waals surface area contributed by atoms with Gasteiger partial charge < -0.3 is 9.72 Å². The van der Waals surface area contributed by atoms with Crippen LogP contribution in [0.5, 0.6) is 0 Å². The second kappa shape index (κ2) is 6.54. The van der Waals surface area contributed by atoms with Crippen molar-refractivity contribution in [2.75, 3.05) is 13.7 Å². The fraction of sp³-hybridized carbons (Fsp3) is 0.500. The normalized spacial score (nSPS) is 36.0. The first-order valence-corrected chi connectivity index (χ1v) is 12.4. The minimum atomic E-state index is -0.577. The number of ether oxygens (including phenoxy) is 1. The van der Waals surface area contributed by atoms with Gasteiger partial charge in [0.25, 0.3) is 0 Å². The van der Waals surface area contributed by atoms with E-state index in [1.807, 2.05) is 11.4 Å². The molecular formula is C20H18N2O5S3. The highest BCUT2D eigenvalue weighted by Crippen LogP contribution is 2.68. The molecule has 4 heterocycles. The molecule has 1 N–H and O–H groups in total. The van der Waals surface area contributed by atoms with Crippen LogP contribution in [0.2, 0.25) is 0 Å². The number of fused-ring (bicyclic) bond motifs is 9. The molecule has 2 aromatic heterocycles. The van der Waals surface area contributed by atoms with E-state index in [9.17, 15) is 19.2 Å². The maximum absolute atomic E-state index is 13.2. The molecule has 2 aliphatic heterocycles. The Kier molecular flexibility index (Phi) is 4.11. The van der Waals surface area contributed by atoms with Crippen LogP contribution < -0.4 is 4.87 Å². The van der Waals surface area contributed by atoms with Crippen LogP contribution in [0, 0.1) is 29.6 Å². The summed E-state index contributed by atoms with van der Waals surface area (Å²) in [6, 6.07) is 4.12. The first kappa shape index (κ1) is 18.8. The number of likely N-dealkylation sites (tertiary alicyclic amines) is 1. The third-order valence-corrected chi connectivity index (χ3v) is 10.7. The molecule has 6 rings (SSSR count). The van der Waals surface area contributed by atoms with E-state index >= 15 is 0 Å². The topological polar surface area (TPSA) is 96.5 Å². The second-order valence-electron chi connectivity index (χ2n) is 8.31. The molecule has 4 aliphatic rings. The summed E-state index contributed by atoms with van der Waals surface area (Å²) in [4.78, 5) is 56.5. The Morgan fingerprint density at radius 3 is 2.70 bits per heavy atom. The molecule has 7 unspecified atom stereocenters. The van der Waals surface area contributed by atoms with Gasteiger partial charge in [-0.25, -0.2) is 0 Å². The average Bonchev–Trinajstić information content (AvgIpc) is 3.52. The van der Waals surface area contributed by atoms with Crippen LogP contribution in [0.25, 0.3) is 0 Å². The van der Waals surface area contributed by atoms with Crippen molar-refractivity contribution in [3.63, 3.8) is 0 Å². The molecule has 7 nitrogen and oxygen atoms in total. The Morgan fingerprint density at radius 1 is 1.23 bits per heavy atom. The van der Waals surface area contributed by atoms with E-state index in [1.54, 1.807) is 23.1 Å². The number of esters is 1. The Labute approximate surface area is 183 Å². The monoisotopic (exact) mass is 462 g/mol. The molecule has 2 amide bonds. The molecule has 10 heteroatoms. The number of nitrogens with zero attached hydrogens (tertiary/aromatic N) is 1. The SMILES string of the molecule is COC(=O)CN1C(=O)C2C3CC(C2C1=O)C1C(c2cccs2)c2sc(=O)[nH]c2SC31. The van der Waals surface area contributed by atoms with E-state index < -0.39 is 5.97 Å². The number of hydrogen-bond acceptors (Lipinski definition) is 8. The predicted octanol–water partition coefficient (Wildman–Crippen LogP) is 2.14. The van der Waals surface area contributed by atoms with Crippen LogP contribution in [0.15, 0.2) is 27.3 Å². The second-order valence-corrected chi connectivity index (χ2v) is 11.5. The lowest BCUT2D eigenvalue weighted by Gasteiger charge is -2.42. The smallest absolute Gasteiger partial charge is 0.325 e. The Morgan fingerprint density at radius 2 is 2.00 bits per heavy atom. The van der Waals surface area contributed by atoms with Crippen LogP contribution >= 0.6 is 34.4 Å². The Hall–Kier alpha value is -1.91. The molecular weight excluding hydrogens is 444 g/mol. The van der Waals surface area contributed by atoms with Crippen molar-refractivity contribution < 1.29 is 19.1 Å². The summed E-state index contributed by atoms with van der Waals surface area (Å²) in [5.41, 5.74) is 0. The lowest BCUT2D eigenvalue weighted by Crippen LogP contribution is -2.42. The van der Waals surface area contributed by atoms with Gasteiger partial charge in [0.05, 0.1) is 24.0 Å². The van der Waals surface area contributed by atoms with Crippen LogP contribution in [0.4, 0.5) is 0 Å². The van der Waals surface area contributed by atoms with Crippen LogP contribution in [0.1, 0.15) is 22.1 Å². The number of aromatic nitrogens is 1. The predicted molar refractivity (Wildman–Crippen MR) is 112 cm³/mol. The van der Waals surface area contributed by atoms with Gasteiger partial charge >= 0.3 is 10.8 Å². The number of rotatable bonds is 3. The molecule has 2 bridgehead atoms. The van der Waals surface area contributed by atoms with E-state index in [-0.39, 0.29) is 64.0 Å². The lowest BCUT2D eigenvalue weighted by atomic mass is 9.69. The number of amides is 2. The fourth-order valence-electron chi connectivity index (χ4n) is 6.21. The number of imide groups is 1. The number of thiazole rings is 1. The molecule has 2 saturated carbocycles. The summed E-state index contributed by atoms with van der Waals surface area (Å²) in [7, 11) is 1.26. The highest BCUT2D eigenvalue weighted by Gasteiger charge is 2.69. The molecule has 1 saturated heterocycles. The zero-order valence-corrected chi connectivity index (χ0v) is 18.4. The fourth-order valence-corrected chi connectivity index (χ4v) is 10.1. The van der Waals surface area contributed by atoms with Gasteiger partial charge in [-0.1, -0.05) is 17.4 Å². The summed E-state index contributed by atoms with van der Waals surface area (Å²) in [5.74, 6) is -1.35. The number of carbonyl (C=O) groups is 3. The van der Waals surface area contributed by atoms with Gasteiger partial charge in [-0.15, -0.1) is 23.1 Å². The van der Waals surface area contributed by atoms with Crippen molar-refractivity contribution in [3.05, 3.63) is 36.9 Å². The Balaban J connectivity index is 1.42. The molecule has 30 heavy (non-hydrogen) atoms. The number of H-pyrrole nitrogens is 1. The van der Waals surface area contributed by atoms with E-state index in [1.165, 1.54) is 23.3 Å². The van der Waals surface area contributed by atoms with E-state index in [0.717, 1.165) is 21.2 Å². The third-order valence-electron chi connectivity index (χ3n) is 7.18. The number of nitrogens with one attached hydrogen (secondary N) is 1. The zero-order chi connectivity index (χ0) is 20.7. The van der Waals surface area contributed by atoms with Gasteiger partial charge in [0.15, 0.2) is 0 Å². The third kappa shape index (κ3) is 2.38. The summed E-state index contributed by atoms with van der Waals surface area (Å²) >= 11 is 4.61. The van der Waals surface area contributed by atoms with Crippen LogP contribution in [-0.2, 0) is 19.1 Å². The summed E-state index contributed by atoms with van der Waals surface area (Å²) in [6.07, 6.45) is 0.849. The van der Waals surface area contributed by atoms with Gasteiger partial charge in [-0.2, -0.15) is 0 Å². The molecule has 2 aromatic rings. The number of carbonyl (C=O) groups excluding carboxylic acids is 3.